The molecule has 0 unspecified atom stereocenters. The van der Waals surface area contributed by atoms with Gasteiger partial charge in [0.05, 0.1) is 0 Å². The second-order valence-corrected chi connectivity index (χ2v) is 6.00. The summed E-state index contributed by atoms with van der Waals surface area (Å²) in [7, 11) is 0. The molecule has 124 valence electrons. The van der Waals surface area contributed by atoms with Crippen molar-refractivity contribution in [3.63, 3.8) is 0 Å². The fourth-order valence-electron chi connectivity index (χ4n) is 1.99. The van der Waals surface area contributed by atoms with Gasteiger partial charge in [-0.2, -0.15) is 0 Å². The Labute approximate surface area is 143 Å². The van der Waals surface area contributed by atoms with Crippen LogP contribution >= 0.6 is 0 Å². The third-order valence-electron chi connectivity index (χ3n) is 3.26. The number of rotatable bonds is 3. The lowest BCUT2D eigenvalue weighted by molar-refractivity contribution is 0.590. The molecule has 0 aliphatic heterocycles. The summed E-state index contributed by atoms with van der Waals surface area (Å²) in [6.45, 7) is 10.7. The van der Waals surface area contributed by atoms with E-state index in [2.05, 4.69) is 93.6 Å². The Kier molecular flexibility index (Phi) is 9.65. The van der Waals surface area contributed by atoms with Crippen molar-refractivity contribution in [3.8, 4) is 0 Å². The van der Waals surface area contributed by atoms with E-state index in [-0.39, 0.29) is 12.8 Å². The minimum atomic E-state index is 0. The molecule has 0 heteroatoms. The molecule has 2 rings (SSSR count). The van der Waals surface area contributed by atoms with Crippen molar-refractivity contribution < 1.29 is 0 Å². The van der Waals surface area contributed by atoms with Gasteiger partial charge >= 0.3 is 0 Å². The first kappa shape index (κ1) is 20.9. The highest BCUT2D eigenvalue weighted by Gasteiger charge is 2.12. The lowest BCUT2D eigenvalue weighted by Gasteiger charge is -2.18. The summed E-state index contributed by atoms with van der Waals surface area (Å²) in [4.78, 5) is 0. The van der Waals surface area contributed by atoms with E-state index < -0.39 is 0 Å². The molecule has 0 saturated heterocycles. The fraction of sp³-hybridized carbons (Fsp3) is 0.304. The van der Waals surface area contributed by atoms with Crippen LogP contribution in [0.15, 0.2) is 66.7 Å². The Morgan fingerprint density at radius 2 is 1.09 bits per heavy atom. The Morgan fingerprint density at radius 3 is 1.52 bits per heavy atom. The molecule has 23 heavy (non-hydrogen) atoms. The van der Waals surface area contributed by atoms with Crippen molar-refractivity contribution in [1.29, 1.82) is 0 Å². The second kappa shape index (κ2) is 10.6. The summed E-state index contributed by atoms with van der Waals surface area (Å²) < 4.78 is 0. The molecule has 2 aromatic carbocycles. The van der Waals surface area contributed by atoms with Crippen LogP contribution in [0.5, 0.6) is 0 Å². The average Bonchev–Trinajstić information content (AvgIpc) is 2.54. The number of benzene rings is 2. The van der Waals surface area contributed by atoms with Crippen LogP contribution in [0, 0.1) is 0 Å². The minimum Gasteiger partial charge on any atom is -0.0776 e. The van der Waals surface area contributed by atoms with Gasteiger partial charge in [0, 0.05) is 0 Å². The Bertz CT molecular complexity index is 578. The van der Waals surface area contributed by atoms with Crippen molar-refractivity contribution in [2.75, 3.05) is 0 Å². The van der Waals surface area contributed by atoms with E-state index >= 15 is 0 Å². The first-order valence-corrected chi connectivity index (χ1v) is 8.06. The van der Waals surface area contributed by atoms with Crippen LogP contribution in [0.3, 0.4) is 0 Å². The first-order chi connectivity index (χ1) is 10.6. The highest BCUT2D eigenvalue weighted by atomic mass is 14.2. The summed E-state index contributed by atoms with van der Waals surface area (Å²) in [6.07, 6.45) is 8.40. The molecule has 0 N–H and O–H groups in total. The summed E-state index contributed by atoms with van der Waals surface area (Å²) in [5.41, 5.74) is 4.04. The van der Waals surface area contributed by atoms with Gasteiger partial charge in [-0.1, -0.05) is 121 Å². The third kappa shape index (κ3) is 7.65. The van der Waals surface area contributed by atoms with Crippen molar-refractivity contribution >= 4 is 12.2 Å². The van der Waals surface area contributed by atoms with Crippen molar-refractivity contribution in [3.05, 3.63) is 83.4 Å². The van der Waals surface area contributed by atoms with Crippen LogP contribution in [-0.2, 0) is 5.41 Å². The Hall–Kier alpha value is -2.08. The number of hydrogen-bond acceptors (Lipinski definition) is 0. The van der Waals surface area contributed by atoms with Crippen molar-refractivity contribution in [2.45, 2.75) is 47.5 Å². The molecule has 0 heterocycles. The predicted octanol–water partition coefficient (Wildman–Crippen LogP) is 7.37. The highest BCUT2D eigenvalue weighted by Crippen LogP contribution is 2.22. The predicted molar refractivity (Wildman–Crippen MR) is 108 cm³/mol. The maximum absolute atomic E-state index is 2.24. The van der Waals surface area contributed by atoms with E-state index in [4.69, 9.17) is 0 Å². The number of hydrogen-bond donors (Lipinski definition) is 0. The minimum absolute atomic E-state index is 0. The SMILES string of the molecule is C.CC.CC(C)(C)c1ccc(/C=C/C=C/c2ccccc2)cc1. The van der Waals surface area contributed by atoms with Crippen LogP contribution in [0.1, 0.15) is 58.7 Å². The molecule has 0 radical (unpaired) electrons. The Balaban J connectivity index is 0.00000155. The molecule has 0 atom stereocenters. The molecule has 0 bridgehead atoms. The summed E-state index contributed by atoms with van der Waals surface area (Å²) in [5.74, 6) is 0. The molecule has 0 saturated carbocycles. The van der Waals surface area contributed by atoms with E-state index in [0.29, 0.717) is 0 Å². The van der Waals surface area contributed by atoms with Crippen molar-refractivity contribution in [2.24, 2.45) is 0 Å². The van der Waals surface area contributed by atoms with E-state index in [0.717, 1.165) is 0 Å². The van der Waals surface area contributed by atoms with E-state index in [1.54, 1.807) is 0 Å². The van der Waals surface area contributed by atoms with Crippen LogP contribution in [0.2, 0.25) is 0 Å². The first-order valence-electron chi connectivity index (χ1n) is 8.06. The van der Waals surface area contributed by atoms with Gasteiger partial charge in [0.1, 0.15) is 0 Å². The van der Waals surface area contributed by atoms with Gasteiger partial charge in [-0.25, -0.2) is 0 Å². The van der Waals surface area contributed by atoms with Gasteiger partial charge in [-0.15, -0.1) is 0 Å². The largest absolute Gasteiger partial charge is 0.0776 e. The molecule has 0 amide bonds. The van der Waals surface area contributed by atoms with Gasteiger partial charge in [-0.05, 0) is 22.1 Å². The van der Waals surface area contributed by atoms with Gasteiger partial charge in [0.15, 0.2) is 0 Å². The lowest BCUT2D eigenvalue weighted by Crippen LogP contribution is -2.10. The zero-order valence-corrected chi connectivity index (χ0v) is 14.5. The Morgan fingerprint density at radius 1 is 0.652 bits per heavy atom. The molecule has 0 aliphatic carbocycles. The van der Waals surface area contributed by atoms with Gasteiger partial charge in [0.2, 0.25) is 0 Å². The summed E-state index contributed by atoms with van der Waals surface area (Å²) in [5, 5.41) is 0. The van der Waals surface area contributed by atoms with Gasteiger partial charge < -0.3 is 0 Å². The van der Waals surface area contributed by atoms with Crippen LogP contribution in [0.25, 0.3) is 12.2 Å². The smallest absolute Gasteiger partial charge is 0.0132 e. The maximum Gasteiger partial charge on any atom is -0.0132 e. The zero-order chi connectivity index (χ0) is 16.4. The molecule has 2 aromatic rings. The van der Waals surface area contributed by atoms with Crippen LogP contribution < -0.4 is 0 Å². The van der Waals surface area contributed by atoms with Crippen LogP contribution in [0.4, 0.5) is 0 Å². The summed E-state index contributed by atoms with van der Waals surface area (Å²) in [6, 6.07) is 19.1. The number of allylic oxidation sites excluding steroid dienone is 2. The molecule has 0 nitrogen and oxygen atoms in total. The molecule has 0 fully saturated rings. The molecule has 0 aliphatic rings. The molecular formula is C23H32. The lowest BCUT2D eigenvalue weighted by atomic mass is 9.87. The van der Waals surface area contributed by atoms with Gasteiger partial charge in [0.25, 0.3) is 0 Å². The highest BCUT2D eigenvalue weighted by molar-refractivity contribution is 5.57. The summed E-state index contributed by atoms with van der Waals surface area (Å²) >= 11 is 0. The van der Waals surface area contributed by atoms with Crippen LogP contribution in [-0.4, -0.2) is 0 Å². The monoisotopic (exact) mass is 308 g/mol. The van der Waals surface area contributed by atoms with Crippen molar-refractivity contribution in [1.82, 2.24) is 0 Å². The molecule has 0 aromatic heterocycles. The quantitative estimate of drug-likeness (QED) is 0.519. The van der Waals surface area contributed by atoms with Gasteiger partial charge in [-0.3, -0.25) is 0 Å². The normalized spacial score (nSPS) is 11.0. The third-order valence-corrected chi connectivity index (χ3v) is 3.26. The van der Waals surface area contributed by atoms with E-state index in [9.17, 15) is 0 Å². The molecule has 0 spiro atoms. The fourth-order valence-corrected chi connectivity index (χ4v) is 1.99. The maximum atomic E-state index is 2.24. The van der Waals surface area contributed by atoms with E-state index in [1.165, 1.54) is 16.7 Å². The average molecular weight is 309 g/mol. The van der Waals surface area contributed by atoms with E-state index in [1.807, 2.05) is 19.9 Å². The second-order valence-electron chi connectivity index (χ2n) is 6.00. The zero-order valence-electron chi connectivity index (χ0n) is 14.5. The standard InChI is InChI=1S/C20H22.C2H6.CH4/c1-20(2,3)19-15-13-18(14-16-19)12-8-7-11-17-9-5-4-6-10-17;1-2;/h4-16H,1-3H3;1-2H3;1H4/b11-7+,12-8+;;. The topological polar surface area (TPSA) is 0 Å². The molecular weight excluding hydrogens is 276 g/mol.